The summed E-state index contributed by atoms with van der Waals surface area (Å²) in [7, 11) is -2.69. The maximum Gasteiger partial charge on any atom is 0.150 e. The summed E-state index contributed by atoms with van der Waals surface area (Å²) in [6.45, 7) is 2.98. The lowest BCUT2D eigenvalue weighted by Gasteiger charge is -2.09. The molecule has 1 atom stereocenters. The number of sulfone groups is 1. The van der Waals surface area contributed by atoms with Gasteiger partial charge in [0.2, 0.25) is 0 Å². The second-order valence-corrected chi connectivity index (χ2v) is 7.26. The number of rotatable bonds is 7. The molecule has 0 radical (unpaired) electrons. The Morgan fingerprint density at radius 3 is 2.50 bits per heavy atom. The molecule has 1 saturated carbocycles. The first-order valence-electron chi connectivity index (χ1n) is 6.30. The van der Waals surface area contributed by atoms with Gasteiger partial charge in [0.25, 0.3) is 0 Å². The Morgan fingerprint density at radius 1 is 1.06 bits per heavy atom. The van der Waals surface area contributed by atoms with Crippen LogP contribution in [0.1, 0.15) is 25.7 Å². The fraction of sp³-hybridized carbons (Fsp3) is 1.00. The van der Waals surface area contributed by atoms with Crippen LogP contribution in [0.4, 0.5) is 0 Å². The van der Waals surface area contributed by atoms with Crippen molar-refractivity contribution in [3.05, 3.63) is 0 Å². The van der Waals surface area contributed by atoms with Gasteiger partial charge in [-0.2, -0.15) is 0 Å². The quantitative estimate of drug-likeness (QED) is 0.628. The largest absolute Gasteiger partial charge is 0.315 e. The zero-order chi connectivity index (χ0) is 11.4. The van der Waals surface area contributed by atoms with E-state index >= 15 is 0 Å². The van der Waals surface area contributed by atoms with Crippen molar-refractivity contribution in [3.63, 3.8) is 0 Å². The molecule has 5 heteroatoms. The van der Waals surface area contributed by atoms with Crippen LogP contribution >= 0.6 is 0 Å². The van der Waals surface area contributed by atoms with Gasteiger partial charge in [0, 0.05) is 19.1 Å². The van der Waals surface area contributed by atoms with Crippen LogP contribution in [0, 0.1) is 5.92 Å². The summed E-state index contributed by atoms with van der Waals surface area (Å²) < 4.78 is 22.5. The topological polar surface area (TPSA) is 58.2 Å². The Balaban J connectivity index is 1.45. The molecule has 16 heavy (non-hydrogen) atoms. The Labute approximate surface area is 98.1 Å². The second-order valence-electron chi connectivity index (χ2n) is 5.04. The maximum absolute atomic E-state index is 11.2. The van der Waals surface area contributed by atoms with Crippen LogP contribution in [0.15, 0.2) is 0 Å². The molecule has 1 aliphatic heterocycles. The Hall–Kier alpha value is -0.130. The Kier molecular flexibility index (Phi) is 4.21. The molecule has 1 heterocycles. The van der Waals surface area contributed by atoms with E-state index in [0.29, 0.717) is 17.4 Å². The monoisotopic (exact) mass is 246 g/mol. The molecule has 0 bridgehead atoms. The first-order valence-corrected chi connectivity index (χ1v) is 8.12. The summed E-state index contributed by atoms with van der Waals surface area (Å²) in [6.07, 6.45) is 4.53. The molecular formula is C11H22N2O2S. The van der Waals surface area contributed by atoms with E-state index in [1.807, 2.05) is 0 Å². The molecule has 0 spiro atoms. The summed E-state index contributed by atoms with van der Waals surface area (Å²) >= 11 is 0. The standard InChI is InChI=1S/C11H22N2O2S/c14-16(15)8-4-10(9-16)3-5-12-6-7-13-11-1-2-11/h10-13H,1-9H2. The molecule has 2 rings (SSSR count). The minimum Gasteiger partial charge on any atom is -0.315 e. The smallest absolute Gasteiger partial charge is 0.150 e. The van der Waals surface area contributed by atoms with Crippen LogP contribution in [-0.2, 0) is 9.84 Å². The first-order chi connectivity index (χ1) is 7.66. The third-order valence-electron chi connectivity index (χ3n) is 3.37. The van der Waals surface area contributed by atoms with Gasteiger partial charge in [-0.1, -0.05) is 0 Å². The lowest BCUT2D eigenvalue weighted by molar-refractivity contribution is 0.502. The predicted molar refractivity (Wildman–Crippen MR) is 65.3 cm³/mol. The van der Waals surface area contributed by atoms with Crippen molar-refractivity contribution in [1.82, 2.24) is 10.6 Å². The van der Waals surface area contributed by atoms with Crippen molar-refractivity contribution in [3.8, 4) is 0 Å². The highest BCUT2D eigenvalue weighted by Gasteiger charge is 2.27. The Bertz CT molecular complexity index is 312. The van der Waals surface area contributed by atoms with Gasteiger partial charge in [0.15, 0.2) is 9.84 Å². The molecule has 1 unspecified atom stereocenters. The van der Waals surface area contributed by atoms with Gasteiger partial charge in [0.05, 0.1) is 11.5 Å². The van der Waals surface area contributed by atoms with E-state index < -0.39 is 9.84 Å². The molecule has 0 amide bonds. The van der Waals surface area contributed by atoms with Crippen LogP contribution < -0.4 is 10.6 Å². The van der Waals surface area contributed by atoms with E-state index in [1.165, 1.54) is 12.8 Å². The highest BCUT2D eigenvalue weighted by atomic mass is 32.2. The van der Waals surface area contributed by atoms with Gasteiger partial charge in [-0.05, 0) is 38.1 Å². The van der Waals surface area contributed by atoms with Crippen LogP contribution in [0.3, 0.4) is 0 Å². The van der Waals surface area contributed by atoms with E-state index in [9.17, 15) is 8.42 Å². The maximum atomic E-state index is 11.2. The molecule has 0 aromatic carbocycles. The number of nitrogens with one attached hydrogen (secondary N) is 2. The summed E-state index contributed by atoms with van der Waals surface area (Å²) in [6, 6.07) is 0.779. The van der Waals surface area contributed by atoms with Crippen molar-refractivity contribution in [1.29, 1.82) is 0 Å². The van der Waals surface area contributed by atoms with Crippen LogP contribution in [0.25, 0.3) is 0 Å². The van der Waals surface area contributed by atoms with Crippen molar-refractivity contribution >= 4 is 9.84 Å². The molecule has 1 aliphatic carbocycles. The molecule has 2 aliphatic rings. The lowest BCUT2D eigenvalue weighted by Crippen LogP contribution is -2.29. The van der Waals surface area contributed by atoms with Crippen LogP contribution in [0.2, 0.25) is 0 Å². The molecule has 0 aromatic rings. The molecular weight excluding hydrogens is 224 g/mol. The number of hydrogen-bond acceptors (Lipinski definition) is 4. The minimum absolute atomic E-state index is 0.397. The highest BCUT2D eigenvalue weighted by molar-refractivity contribution is 7.91. The lowest BCUT2D eigenvalue weighted by atomic mass is 10.1. The van der Waals surface area contributed by atoms with Crippen LogP contribution in [0.5, 0.6) is 0 Å². The average Bonchev–Trinajstić information content (AvgIpc) is 2.97. The normalized spacial score (nSPS) is 28.4. The fourth-order valence-electron chi connectivity index (χ4n) is 2.18. The summed E-state index contributed by atoms with van der Waals surface area (Å²) in [5, 5.41) is 6.81. The van der Waals surface area contributed by atoms with Crippen molar-refractivity contribution in [2.24, 2.45) is 5.92 Å². The summed E-state index contributed by atoms with van der Waals surface area (Å²) in [5.74, 6) is 1.21. The summed E-state index contributed by atoms with van der Waals surface area (Å²) in [4.78, 5) is 0. The Morgan fingerprint density at radius 2 is 1.88 bits per heavy atom. The van der Waals surface area contributed by atoms with E-state index in [0.717, 1.165) is 38.5 Å². The molecule has 2 fully saturated rings. The van der Waals surface area contributed by atoms with Gasteiger partial charge >= 0.3 is 0 Å². The molecule has 4 nitrogen and oxygen atoms in total. The third-order valence-corrected chi connectivity index (χ3v) is 5.21. The van der Waals surface area contributed by atoms with Crippen molar-refractivity contribution in [2.75, 3.05) is 31.1 Å². The minimum atomic E-state index is -2.69. The van der Waals surface area contributed by atoms with E-state index in [-0.39, 0.29) is 0 Å². The van der Waals surface area contributed by atoms with Gasteiger partial charge in [-0.25, -0.2) is 8.42 Å². The zero-order valence-electron chi connectivity index (χ0n) is 9.74. The molecule has 2 N–H and O–H groups in total. The van der Waals surface area contributed by atoms with E-state index in [2.05, 4.69) is 10.6 Å². The zero-order valence-corrected chi connectivity index (χ0v) is 10.6. The fourth-order valence-corrected chi connectivity index (χ4v) is 4.09. The van der Waals surface area contributed by atoms with Gasteiger partial charge < -0.3 is 10.6 Å². The van der Waals surface area contributed by atoms with Crippen LogP contribution in [-0.4, -0.2) is 45.6 Å². The third kappa shape index (κ3) is 4.39. The van der Waals surface area contributed by atoms with Crippen molar-refractivity contribution < 1.29 is 8.42 Å². The van der Waals surface area contributed by atoms with E-state index in [1.54, 1.807) is 0 Å². The van der Waals surface area contributed by atoms with Gasteiger partial charge in [-0.15, -0.1) is 0 Å². The number of hydrogen-bond donors (Lipinski definition) is 2. The highest BCUT2D eigenvalue weighted by Crippen LogP contribution is 2.20. The van der Waals surface area contributed by atoms with Crippen molar-refractivity contribution in [2.45, 2.75) is 31.7 Å². The molecule has 1 saturated heterocycles. The average molecular weight is 246 g/mol. The molecule has 94 valence electrons. The SMILES string of the molecule is O=S1(=O)CCC(CCNCCNC2CC2)C1. The van der Waals surface area contributed by atoms with Gasteiger partial charge in [-0.3, -0.25) is 0 Å². The van der Waals surface area contributed by atoms with E-state index in [4.69, 9.17) is 0 Å². The summed E-state index contributed by atoms with van der Waals surface area (Å²) in [5.41, 5.74) is 0. The van der Waals surface area contributed by atoms with Gasteiger partial charge in [0.1, 0.15) is 0 Å². The first kappa shape index (κ1) is 12.3. The predicted octanol–water partition coefficient (Wildman–Crippen LogP) is 0.153. The second kappa shape index (κ2) is 5.47. The molecule has 0 aromatic heterocycles.